The highest BCUT2D eigenvalue weighted by atomic mass is 16.5. The fourth-order valence-electron chi connectivity index (χ4n) is 3.53. The highest BCUT2D eigenvalue weighted by Gasteiger charge is 2.22. The minimum Gasteiger partial charge on any atom is -0.468 e. The van der Waals surface area contributed by atoms with Crippen LogP contribution in [0.15, 0.2) is 47.1 Å². The van der Waals surface area contributed by atoms with Crippen LogP contribution in [-0.4, -0.2) is 35.8 Å². The van der Waals surface area contributed by atoms with Gasteiger partial charge in [-0.1, -0.05) is 24.3 Å². The van der Waals surface area contributed by atoms with E-state index in [9.17, 15) is 5.11 Å². The summed E-state index contributed by atoms with van der Waals surface area (Å²) in [7, 11) is 0. The van der Waals surface area contributed by atoms with Crippen LogP contribution in [-0.2, 0) is 17.7 Å². The maximum Gasteiger partial charge on any atom is 0.117 e. The standard InChI is InChI=1S/C21H26N2O3/c22-11-5-12-23(15-19-8-4-13-25-19)14-18(24)16-26-21-10-3-7-17-6-1-2-9-20(17)21/h1-2,4,6,8-9,13,18,21,24H,3,5,7,10,12,14-16H2/t18-,21-/m0/s1. The Morgan fingerprint density at radius 3 is 3.00 bits per heavy atom. The summed E-state index contributed by atoms with van der Waals surface area (Å²) in [6.45, 7) is 1.93. The van der Waals surface area contributed by atoms with Gasteiger partial charge in [-0.05, 0) is 42.5 Å². The zero-order chi connectivity index (χ0) is 18.2. The molecular weight excluding hydrogens is 328 g/mol. The van der Waals surface area contributed by atoms with E-state index >= 15 is 0 Å². The van der Waals surface area contributed by atoms with Crippen molar-refractivity contribution in [2.75, 3.05) is 19.7 Å². The van der Waals surface area contributed by atoms with Gasteiger partial charge in [-0.3, -0.25) is 4.90 Å². The molecule has 0 aliphatic heterocycles. The highest BCUT2D eigenvalue weighted by molar-refractivity contribution is 5.31. The van der Waals surface area contributed by atoms with Crippen molar-refractivity contribution in [3.8, 4) is 6.07 Å². The van der Waals surface area contributed by atoms with Crippen LogP contribution < -0.4 is 0 Å². The van der Waals surface area contributed by atoms with Crippen molar-refractivity contribution in [3.63, 3.8) is 0 Å². The Labute approximate surface area is 154 Å². The molecule has 0 radical (unpaired) electrons. The second-order valence-electron chi connectivity index (χ2n) is 6.79. The van der Waals surface area contributed by atoms with Gasteiger partial charge in [0.15, 0.2) is 0 Å². The minimum absolute atomic E-state index is 0.0623. The molecule has 0 bridgehead atoms. The van der Waals surface area contributed by atoms with Crippen LogP contribution in [0.3, 0.4) is 0 Å². The van der Waals surface area contributed by atoms with E-state index in [1.807, 2.05) is 23.1 Å². The van der Waals surface area contributed by atoms with Crippen molar-refractivity contribution in [1.29, 1.82) is 5.26 Å². The lowest BCUT2D eigenvalue weighted by Gasteiger charge is -2.28. The summed E-state index contributed by atoms with van der Waals surface area (Å²) < 4.78 is 11.4. The molecule has 0 unspecified atom stereocenters. The third-order valence-electron chi connectivity index (χ3n) is 4.77. The SMILES string of the molecule is N#CCCN(Cc1ccco1)C[C@H](O)CO[C@H]1CCCc2ccccc21. The van der Waals surface area contributed by atoms with E-state index in [-0.39, 0.29) is 6.10 Å². The topological polar surface area (TPSA) is 69.6 Å². The van der Waals surface area contributed by atoms with Crippen LogP contribution in [0.5, 0.6) is 0 Å². The smallest absolute Gasteiger partial charge is 0.117 e. The number of aliphatic hydroxyl groups is 1. The molecule has 0 fully saturated rings. The van der Waals surface area contributed by atoms with Crippen molar-refractivity contribution in [3.05, 3.63) is 59.5 Å². The second kappa shape index (κ2) is 9.54. The lowest BCUT2D eigenvalue weighted by atomic mass is 9.89. The van der Waals surface area contributed by atoms with Crippen LogP contribution in [0.1, 0.15) is 42.3 Å². The van der Waals surface area contributed by atoms with Gasteiger partial charge in [0.1, 0.15) is 5.76 Å². The monoisotopic (exact) mass is 354 g/mol. The molecule has 5 heteroatoms. The Balaban J connectivity index is 1.52. The first-order chi connectivity index (χ1) is 12.8. The molecule has 1 N–H and O–H groups in total. The maximum atomic E-state index is 10.4. The first-order valence-corrected chi connectivity index (χ1v) is 9.25. The zero-order valence-electron chi connectivity index (χ0n) is 15.0. The maximum absolute atomic E-state index is 10.4. The molecule has 1 aromatic carbocycles. The molecule has 26 heavy (non-hydrogen) atoms. The van der Waals surface area contributed by atoms with E-state index in [1.165, 1.54) is 11.1 Å². The van der Waals surface area contributed by atoms with E-state index in [4.69, 9.17) is 14.4 Å². The molecular formula is C21H26N2O3. The van der Waals surface area contributed by atoms with E-state index in [0.29, 0.717) is 32.7 Å². The van der Waals surface area contributed by atoms with Gasteiger partial charge in [-0.15, -0.1) is 0 Å². The molecule has 1 heterocycles. The number of ether oxygens (including phenoxy) is 1. The van der Waals surface area contributed by atoms with Gasteiger partial charge in [0.05, 0.1) is 37.7 Å². The predicted molar refractivity (Wildman–Crippen MR) is 98.3 cm³/mol. The minimum atomic E-state index is -0.599. The first-order valence-electron chi connectivity index (χ1n) is 9.25. The van der Waals surface area contributed by atoms with Gasteiger partial charge < -0.3 is 14.3 Å². The molecule has 0 spiro atoms. The summed E-state index contributed by atoms with van der Waals surface area (Å²) >= 11 is 0. The summed E-state index contributed by atoms with van der Waals surface area (Å²) in [4.78, 5) is 2.03. The molecule has 5 nitrogen and oxygen atoms in total. The quantitative estimate of drug-likeness (QED) is 0.747. The van der Waals surface area contributed by atoms with Crippen LogP contribution in [0, 0.1) is 11.3 Å². The number of benzene rings is 1. The average molecular weight is 354 g/mol. The van der Waals surface area contributed by atoms with Crippen LogP contribution >= 0.6 is 0 Å². The Hall–Kier alpha value is -2.13. The molecule has 1 aromatic heterocycles. The predicted octanol–water partition coefficient (Wildman–Crippen LogP) is 3.45. The molecule has 0 amide bonds. The number of furan rings is 1. The number of nitrogens with zero attached hydrogens (tertiary/aromatic N) is 2. The summed E-state index contributed by atoms with van der Waals surface area (Å²) in [5, 5.41) is 19.3. The number of fused-ring (bicyclic) bond motifs is 1. The number of nitriles is 1. The third kappa shape index (κ3) is 5.18. The van der Waals surface area contributed by atoms with Crippen LogP contribution in [0.2, 0.25) is 0 Å². The summed E-state index contributed by atoms with van der Waals surface area (Å²) in [5.41, 5.74) is 2.61. The fourth-order valence-corrected chi connectivity index (χ4v) is 3.53. The number of hydrogen-bond donors (Lipinski definition) is 1. The molecule has 3 rings (SSSR count). The van der Waals surface area contributed by atoms with Crippen LogP contribution in [0.4, 0.5) is 0 Å². The van der Waals surface area contributed by atoms with E-state index in [1.54, 1.807) is 6.26 Å². The molecule has 1 aliphatic rings. The zero-order valence-corrected chi connectivity index (χ0v) is 15.0. The van der Waals surface area contributed by atoms with E-state index in [2.05, 4.69) is 24.3 Å². The number of aryl methyl sites for hydroxylation is 1. The fraction of sp³-hybridized carbons (Fsp3) is 0.476. The highest BCUT2D eigenvalue weighted by Crippen LogP contribution is 2.32. The van der Waals surface area contributed by atoms with Gasteiger partial charge in [0, 0.05) is 19.5 Å². The normalized spacial score (nSPS) is 17.7. The Morgan fingerprint density at radius 2 is 2.19 bits per heavy atom. The molecule has 2 atom stereocenters. The summed E-state index contributed by atoms with van der Waals surface area (Å²) in [5.74, 6) is 0.831. The van der Waals surface area contributed by atoms with Gasteiger partial charge in [0.25, 0.3) is 0 Å². The molecule has 0 saturated heterocycles. The number of hydrogen-bond acceptors (Lipinski definition) is 5. The molecule has 138 valence electrons. The van der Waals surface area contributed by atoms with Crippen molar-refractivity contribution in [2.24, 2.45) is 0 Å². The van der Waals surface area contributed by atoms with Crippen molar-refractivity contribution in [1.82, 2.24) is 4.90 Å². The molecule has 0 saturated carbocycles. The van der Waals surface area contributed by atoms with E-state index in [0.717, 1.165) is 25.0 Å². The third-order valence-corrected chi connectivity index (χ3v) is 4.77. The molecule has 2 aromatic rings. The Kier molecular flexibility index (Phi) is 6.84. The number of rotatable bonds is 9. The average Bonchev–Trinajstić information content (AvgIpc) is 3.17. The molecule has 1 aliphatic carbocycles. The van der Waals surface area contributed by atoms with Crippen LogP contribution in [0.25, 0.3) is 0 Å². The first kappa shape index (κ1) is 18.7. The largest absolute Gasteiger partial charge is 0.468 e. The van der Waals surface area contributed by atoms with Gasteiger partial charge in [-0.2, -0.15) is 5.26 Å². The Morgan fingerprint density at radius 1 is 1.31 bits per heavy atom. The van der Waals surface area contributed by atoms with Gasteiger partial charge in [0.2, 0.25) is 0 Å². The van der Waals surface area contributed by atoms with Crippen molar-refractivity contribution in [2.45, 2.75) is 44.4 Å². The summed E-state index contributed by atoms with van der Waals surface area (Å²) in [6, 6.07) is 14.3. The lowest BCUT2D eigenvalue weighted by Crippen LogP contribution is -2.35. The number of aliphatic hydroxyl groups excluding tert-OH is 1. The van der Waals surface area contributed by atoms with E-state index < -0.39 is 6.10 Å². The lowest BCUT2D eigenvalue weighted by molar-refractivity contribution is -0.0292. The van der Waals surface area contributed by atoms with Gasteiger partial charge in [-0.25, -0.2) is 0 Å². The second-order valence-corrected chi connectivity index (χ2v) is 6.79. The van der Waals surface area contributed by atoms with Gasteiger partial charge >= 0.3 is 0 Å². The Bertz CT molecular complexity index is 708. The van der Waals surface area contributed by atoms with Crippen molar-refractivity contribution < 1.29 is 14.3 Å². The van der Waals surface area contributed by atoms with Crippen molar-refractivity contribution >= 4 is 0 Å². The summed E-state index contributed by atoms with van der Waals surface area (Å²) in [6.07, 6.45) is 4.73.